The molecule has 0 saturated heterocycles. The standard InChI is InChI=1S/C9H8O3S/c10-8(11)6-9(12)13-7-4-2-1-3-5-7/h1-5H,6H2,(H,10,11)/p-1. The van der Waals surface area contributed by atoms with Gasteiger partial charge in [-0.1, -0.05) is 30.0 Å². The molecule has 0 atom stereocenters. The van der Waals surface area contributed by atoms with E-state index < -0.39 is 17.5 Å². The van der Waals surface area contributed by atoms with Gasteiger partial charge in [-0.05, 0) is 12.1 Å². The third-order valence-corrected chi connectivity index (χ3v) is 2.14. The van der Waals surface area contributed by atoms with Crippen LogP contribution in [-0.2, 0) is 9.59 Å². The minimum Gasteiger partial charge on any atom is -0.550 e. The van der Waals surface area contributed by atoms with Gasteiger partial charge in [0.15, 0.2) is 5.12 Å². The quantitative estimate of drug-likeness (QED) is 0.519. The largest absolute Gasteiger partial charge is 0.550 e. The zero-order chi connectivity index (χ0) is 9.68. The van der Waals surface area contributed by atoms with Crippen molar-refractivity contribution >= 4 is 22.8 Å². The van der Waals surface area contributed by atoms with Crippen LogP contribution in [0.4, 0.5) is 0 Å². The van der Waals surface area contributed by atoms with Gasteiger partial charge in [0.2, 0.25) is 0 Å². The lowest BCUT2D eigenvalue weighted by Crippen LogP contribution is -2.24. The molecule has 0 aliphatic carbocycles. The molecule has 13 heavy (non-hydrogen) atoms. The Kier molecular flexibility index (Phi) is 3.52. The van der Waals surface area contributed by atoms with E-state index in [1.165, 1.54) is 0 Å². The molecule has 0 aromatic heterocycles. The Labute approximate surface area is 79.8 Å². The summed E-state index contributed by atoms with van der Waals surface area (Å²) < 4.78 is 0. The summed E-state index contributed by atoms with van der Waals surface area (Å²) in [5, 5.41) is 9.64. The second-order valence-corrected chi connectivity index (χ2v) is 3.47. The van der Waals surface area contributed by atoms with Gasteiger partial charge in [0.1, 0.15) is 0 Å². The minimum absolute atomic E-state index is 0.411. The molecule has 0 heterocycles. The molecule has 3 nitrogen and oxygen atoms in total. The molecule has 0 saturated carbocycles. The highest BCUT2D eigenvalue weighted by Crippen LogP contribution is 2.18. The first-order valence-electron chi connectivity index (χ1n) is 3.64. The van der Waals surface area contributed by atoms with Crippen molar-refractivity contribution in [3.63, 3.8) is 0 Å². The second-order valence-electron chi connectivity index (χ2n) is 2.34. The van der Waals surface area contributed by atoms with Crippen molar-refractivity contribution in [3.8, 4) is 0 Å². The van der Waals surface area contributed by atoms with Crippen LogP contribution in [0.25, 0.3) is 0 Å². The molecule has 0 bridgehead atoms. The van der Waals surface area contributed by atoms with Crippen LogP contribution in [-0.4, -0.2) is 11.1 Å². The topological polar surface area (TPSA) is 57.2 Å². The highest BCUT2D eigenvalue weighted by Gasteiger charge is 2.03. The van der Waals surface area contributed by atoms with Crippen LogP contribution in [0.1, 0.15) is 6.42 Å². The molecule has 1 rings (SSSR count). The van der Waals surface area contributed by atoms with Crippen LogP contribution in [0.3, 0.4) is 0 Å². The maximum atomic E-state index is 11.0. The molecule has 0 fully saturated rings. The molecule has 0 unspecified atom stereocenters. The summed E-state index contributed by atoms with van der Waals surface area (Å²) in [6, 6.07) is 8.90. The van der Waals surface area contributed by atoms with Crippen molar-refractivity contribution in [2.45, 2.75) is 11.3 Å². The zero-order valence-electron chi connectivity index (χ0n) is 6.73. The summed E-state index contributed by atoms with van der Waals surface area (Å²) in [7, 11) is 0. The molecule has 0 N–H and O–H groups in total. The highest BCUT2D eigenvalue weighted by molar-refractivity contribution is 8.13. The lowest BCUT2D eigenvalue weighted by molar-refractivity contribution is -0.304. The van der Waals surface area contributed by atoms with Crippen molar-refractivity contribution in [3.05, 3.63) is 30.3 Å². The average Bonchev–Trinajstić information content (AvgIpc) is 2.04. The Morgan fingerprint density at radius 2 is 1.85 bits per heavy atom. The van der Waals surface area contributed by atoms with Crippen LogP contribution in [0.2, 0.25) is 0 Å². The predicted octanol–water partition coefficient (Wildman–Crippen LogP) is 0.445. The van der Waals surface area contributed by atoms with Gasteiger partial charge in [0, 0.05) is 10.9 Å². The van der Waals surface area contributed by atoms with Gasteiger partial charge >= 0.3 is 0 Å². The minimum atomic E-state index is -1.34. The van der Waals surface area contributed by atoms with Gasteiger partial charge in [-0.25, -0.2) is 0 Å². The van der Waals surface area contributed by atoms with Crippen LogP contribution in [0, 0.1) is 0 Å². The second kappa shape index (κ2) is 4.67. The molecule has 1 aromatic rings. The number of rotatable bonds is 3. The van der Waals surface area contributed by atoms with Crippen LogP contribution in [0.15, 0.2) is 35.2 Å². The van der Waals surface area contributed by atoms with E-state index in [2.05, 4.69) is 0 Å². The Hall–Kier alpha value is -1.29. The summed E-state index contributed by atoms with van der Waals surface area (Å²) in [4.78, 5) is 21.8. The van der Waals surface area contributed by atoms with Crippen molar-refractivity contribution < 1.29 is 14.7 Å². The summed E-state index contributed by atoms with van der Waals surface area (Å²) >= 11 is 0.912. The van der Waals surface area contributed by atoms with Crippen molar-refractivity contribution in [2.75, 3.05) is 0 Å². The predicted molar refractivity (Wildman–Crippen MR) is 46.9 cm³/mol. The van der Waals surface area contributed by atoms with E-state index in [4.69, 9.17) is 0 Å². The van der Waals surface area contributed by atoms with Crippen molar-refractivity contribution in [1.82, 2.24) is 0 Å². The van der Waals surface area contributed by atoms with Crippen molar-refractivity contribution in [1.29, 1.82) is 0 Å². The molecule has 0 radical (unpaired) electrons. The zero-order valence-corrected chi connectivity index (χ0v) is 7.54. The van der Waals surface area contributed by atoms with Gasteiger partial charge in [-0.2, -0.15) is 0 Å². The van der Waals surface area contributed by atoms with Gasteiger partial charge in [0.25, 0.3) is 0 Å². The third-order valence-electron chi connectivity index (χ3n) is 1.26. The van der Waals surface area contributed by atoms with E-state index in [-0.39, 0.29) is 0 Å². The number of carboxylic acid groups (broad SMARTS) is 1. The lowest BCUT2D eigenvalue weighted by atomic mass is 10.4. The van der Waals surface area contributed by atoms with E-state index in [1.54, 1.807) is 24.3 Å². The van der Waals surface area contributed by atoms with E-state index in [1.807, 2.05) is 6.07 Å². The molecular formula is C9H7O3S-. The molecule has 1 aromatic carbocycles. The van der Waals surface area contributed by atoms with Gasteiger partial charge in [-0.3, -0.25) is 4.79 Å². The molecule has 0 spiro atoms. The van der Waals surface area contributed by atoms with Crippen LogP contribution < -0.4 is 5.11 Å². The third kappa shape index (κ3) is 3.75. The molecule has 68 valence electrons. The first-order chi connectivity index (χ1) is 6.18. The molecule has 4 heteroatoms. The van der Waals surface area contributed by atoms with E-state index in [0.717, 1.165) is 16.7 Å². The number of aliphatic carboxylic acids is 1. The average molecular weight is 195 g/mol. The first-order valence-corrected chi connectivity index (χ1v) is 4.45. The number of carbonyl (C=O) groups excluding carboxylic acids is 2. The van der Waals surface area contributed by atoms with E-state index >= 15 is 0 Å². The normalized spacial score (nSPS) is 9.54. The number of thioether (sulfide) groups is 1. The Balaban J connectivity index is 2.50. The first kappa shape index (κ1) is 9.80. The van der Waals surface area contributed by atoms with E-state index in [0.29, 0.717) is 0 Å². The highest BCUT2D eigenvalue weighted by atomic mass is 32.2. The maximum Gasteiger partial charge on any atom is 0.199 e. The Morgan fingerprint density at radius 1 is 1.23 bits per heavy atom. The summed E-state index contributed by atoms with van der Waals surface area (Å²) in [5.74, 6) is -1.34. The smallest absolute Gasteiger partial charge is 0.199 e. The SMILES string of the molecule is O=C([O-])CC(=O)Sc1ccccc1. The fraction of sp³-hybridized carbons (Fsp3) is 0.111. The van der Waals surface area contributed by atoms with Gasteiger partial charge in [-0.15, -0.1) is 0 Å². The maximum absolute atomic E-state index is 11.0. The number of hydrogen-bond donors (Lipinski definition) is 0. The lowest BCUT2D eigenvalue weighted by Gasteiger charge is -2.00. The Morgan fingerprint density at radius 3 is 2.38 bits per heavy atom. The summed E-state index contributed by atoms with van der Waals surface area (Å²) in [6.07, 6.45) is -0.542. The van der Waals surface area contributed by atoms with Gasteiger partial charge < -0.3 is 9.90 Å². The fourth-order valence-corrected chi connectivity index (χ4v) is 1.52. The molecule has 0 amide bonds. The van der Waals surface area contributed by atoms with E-state index in [9.17, 15) is 14.7 Å². The van der Waals surface area contributed by atoms with Crippen molar-refractivity contribution in [2.24, 2.45) is 0 Å². The summed E-state index contributed by atoms with van der Waals surface area (Å²) in [5.41, 5.74) is 0. The fourth-order valence-electron chi connectivity index (χ4n) is 0.774. The number of carbonyl (C=O) groups is 2. The number of benzene rings is 1. The van der Waals surface area contributed by atoms with Crippen LogP contribution in [0.5, 0.6) is 0 Å². The van der Waals surface area contributed by atoms with Gasteiger partial charge in [0.05, 0.1) is 6.42 Å². The Bertz CT molecular complexity index is 308. The number of hydrogen-bond acceptors (Lipinski definition) is 4. The summed E-state index contributed by atoms with van der Waals surface area (Å²) in [6.45, 7) is 0. The molecular weight excluding hydrogens is 188 g/mol. The van der Waals surface area contributed by atoms with Crippen LogP contribution >= 0.6 is 11.8 Å². The molecule has 0 aliphatic heterocycles. The molecule has 0 aliphatic rings. The monoisotopic (exact) mass is 195 g/mol. The number of carboxylic acids is 1.